The minimum Gasteiger partial charge on any atom is -0.478 e. The summed E-state index contributed by atoms with van der Waals surface area (Å²) in [6.07, 6.45) is 2.19. The zero-order chi connectivity index (χ0) is 10.8. The van der Waals surface area contributed by atoms with Gasteiger partial charge in [0.05, 0.1) is 5.56 Å². The van der Waals surface area contributed by atoms with Gasteiger partial charge in [-0.2, -0.15) is 0 Å². The Morgan fingerprint density at radius 2 is 2.33 bits per heavy atom. The molecule has 0 saturated carbocycles. The molecule has 0 amide bonds. The first-order valence-corrected chi connectivity index (χ1v) is 5.04. The molecule has 0 unspecified atom stereocenters. The number of hydrogen-bond acceptors (Lipinski definition) is 3. The van der Waals surface area contributed by atoms with Gasteiger partial charge in [0.2, 0.25) is 0 Å². The number of anilines is 1. The van der Waals surface area contributed by atoms with Crippen molar-refractivity contribution in [2.24, 2.45) is 0 Å². The Balaban J connectivity index is 2.33. The van der Waals surface area contributed by atoms with Crippen LogP contribution >= 0.6 is 0 Å². The number of nitrogens with two attached hydrogens (primary N) is 1. The van der Waals surface area contributed by atoms with Gasteiger partial charge in [-0.3, -0.25) is 0 Å². The monoisotopic (exact) mass is 206 g/mol. The highest BCUT2D eigenvalue weighted by Gasteiger charge is 2.18. The Morgan fingerprint density at radius 3 is 2.93 bits per heavy atom. The normalized spacial score (nSPS) is 20.4. The van der Waals surface area contributed by atoms with Gasteiger partial charge in [0, 0.05) is 11.7 Å². The second-order valence-corrected chi connectivity index (χ2v) is 3.80. The van der Waals surface area contributed by atoms with Gasteiger partial charge in [-0.15, -0.1) is 0 Å². The lowest BCUT2D eigenvalue weighted by Crippen LogP contribution is -2.14. The van der Waals surface area contributed by atoms with Gasteiger partial charge >= 0.3 is 5.97 Å². The van der Waals surface area contributed by atoms with Crippen LogP contribution in [0.4, 0.5) is 5.69 Å². The van der Waals surface area contributed by atoms with Crippen molar-refractivity contribution in [3.05, 3.63) is 29.3 Å². The van der Waals surface area contributed by atoms with Crippen molar-refractivity contribution in [3.8, 4) is 0 Å². The fourth-order valence-corrected chi connectivity index (χ4v) is 1.94. The molecule has 4 heteroatoms. The SMILES string of the molecule is Nc1ccc([C@H]2CCCN2)cc1C(=O)O. The second-order valence-electron chi connectivity index (χ2n) is 3.80. The maximum atomic E-state index is 10.9. The smallest absolute Gasteiger partial charge is 0.337 e. The molecule has 1 aliphatic rings. The first kappa shape index (κ1) is 9.98. The molecule has 4 N–H and O–H groups in total. The van der Waals surface area contributed by atoms with Crippen LogP contribution in [0, 0.1) is 0 Å². The average molecular weight is 206 g/mol. The van der Waals surface area contributed by atoms with Crippen molar-refractivity contribution in [2.45, 2.75) is 18.9 Å². The largest absolute Gasteiger partial charge is 0.478 e. The van der Waals surface area contributed by atoms with Crippen molar-refractivity contribution in [1.29, 1.82) is 0 Å². The van der Waals surface area contributed by atoms with Gasteiger partial charge in [0.15, 0.2) is 0 Å². The third-order valence-corrected chi connectivity index (χ3v) is 2.77. The van der Waals surface area contributed by atoms with E-state index in [9.17, 15) is 4.79 Å². The predicted octanol–water partition coefficient (Wildman–Crippen LogP) is 1.39. The number of carboxylic acid groups (broad SMARTS) is 1. The molecular formula is C11H14N2O2. The fourth-order valence-electron chi connectivity index (χ4n) is 1.94. The summed E-state index contributed by atoms with van der Waals surface area (Å²) in [5, 5.41) is 12.3. The lowest BCUT2D eigenvalue weighted by Gasteiger charge is -2.12. The van der Waals surface area contributed by atoms with Crippen LogP contribution in [-0.4, -0.2) is 17.6 Å². The van der Waals surface area contributed by atoms with Crippen LogP contribution in [0.15, 0.2) is 18.2 Å². The number of carboxylic acids is 1. The van der Waals surface area contributed by atoms with E-state index in [2.05, 4.69) is 5.32 Å². The molecule has 1 aromatic carbocycles. The topological polar surface area (TPSA) is 75.3 Å². The molecule has 1 fully saturated rings. The molecule has 0 aromatic heterocycles. The molecule has 80 valence electrons. The fraction of sp³-hybridized carbons (Fsp3) is 0.364. The van der Waals surface area contributed by atoms with E-state index in [1.807, 2.05) is 6.07 Å². The maximum absolute atomic E-state index is 10.9. The Labute approximate surface area is 88.1 Å². The molecule has 1 atom stereocenters. The lowest BCUT2D eigenvalue weighted by molar-refractivity contribution is 0.0698. The van der Waals surface area contributed by atoms with Crippen LogP contribution in [0.5, 0.6) is 0 Å². The highest BCUT2D eigenvalue weighted by atomic mass is 16.4. The second kappa shape index (κ2) is 3.90. The number of carbonyl (C=O) groups is 1. The summed E-state index contributed by atoms with van der Waals surface area (Å²) in [6, 6.07) is 5.51. The summed E-state index contributed by atoms with van der Waals surface area (Å²) in [7, 11) is 0. The summed E-state index contributed by atoms with van der Waals surface area (Å²) in [6.45, 7) is 0.997. The third kappa shape index (κ3) is 1.94. The molecule has 0 aliphatic carbocycles. The number of aromatic carboxylic acids is 1. The minimum atomic E-state index is -0.965. The number of benzene rings is 1. The van der Waals surface area contributed by atoms with E-state index >= 15 is 0 Å². The van der Waals surface area contributed by atoms with E-state index in [0.29, 0.717) is 5.69 Å². The van der Waals surface area contributed by atoms with Gasteiger partial charge in [-0.05, 0) is 37.1 Å². The summed E-state index contributed by atoms with van der Waals surface area (Å²) in [5.74, 6) is -0.965. The minimum absolute atomic E-state index is 0.196. The number of nitrogens with one attached hydrogen (secondary N) is 1. The standard InChI is InChI=1S/C11H14N2O2/c12-9-4-3-7(6-8(9)11(14)15)10-2-1-5-13-10/h3-4,6,10,13H,1-2,5,12H2,(H,14,15)/t10-/m1/s1. The molecule has 1 aromatic rings. The van der Waals surface area contributed by atoms with Gasteiger partial charge in [-0.1, -0.05) is 6.07 Å². The summed E-state index contributed by atoms with van der Waals surface area (Å²) >= 11 is 0. The van der Waals surface area contributed by atoms with Crippen LogP contribution < -0.4 is 11.1 Å². The molecule has 1 saturated heterocycles. The van der Waals surface area contributed by atoms with E-state index in [4.69, 9.17) is 10.8 Å². The van der Waals surface area contributed by atoms with Gasteiger partial charge in [0.25, 0.3) is 0 Å². The van der Waals surface area contributed by atoms with Crippen molar-refractivity contribution < 1.29 is 9.90 Å². The Morgan fingerprint density at radius 1 is 1.53 bits per heavy atom. The van der Waals surface area contributed by atoms with E-state index in [0.717, 1.165) is 24.9 Å². The molecule has 0 bridgehead atoms. The van der Waals surface area contributed by atoms with Crippen LogP contribution in [0.25, 0.3) is 0 Å². The summed E-state index contributed by atoms with van der Waals surface area (Å²) in [5.41, 5.74) is 7.12. The van der Waals surface area contributed by atoms with Crippen molar-refractivity contribution in [2.75, 3.05) is 12.3 Å². The van der Waals surface area contributed by atoms with Crippen LogP contribution in [-0.2, 0) is 0 Å². The molecule has 1 heterocycles. The highest BCUT2D eigenvalue weighted by molar-refractivity contribution is 5.93. The first-order chi connectivity index (χ1) is 7.18. The number of nitrogen functional groups attached to an aromatic ring is 1. The molecule has 0 spiro atoms. The number of hydrogen-bond donors (Lipinski definition) is 3. The van der Waals surface area contributed by atoms with Gasteiger partial charge in [0.1, 0.15) is 0 Å². The molecule has 2 rings (SSSR count). The maximum Gasteiger partial charge on any atom is 0.337 e. The molecule has 15 heavy (non-hydrogen) atoms. The highest BCUT2D eigenvalue weighted by Crippen LogP contribution is 2.25. The summed E-state index contributed by atoms with van der Waals surface area (Å²) < 4.78 is 0. The van der Waals surface area contributed by atoms with Crippen molar-refractivity contribution in [3.63, 3.8) is 0 Å². The Kier molecular flexibility index (Phi) is 2.60. The van der Waals surface area contributed by atoms with Gasteiger partial charge < -0.3 is 16.2 Å². The van der Waals surface area contributed by atoms with Crippen LogP contribution in [0.2, 0.25) is 0 Å². The first-order valence-electron chi connectivity index (χ1n) is 5.04. The molecular weight excluding hydrogens is 192 g/mol. The quantitative estimate of drug-likeness (QED) is 0.639. The van der Waals surface area contributed by atoms with Crippen LogP contribution in [0.1, 0.15) is 34.8 Å². The lowest BCUT2D eigenvalue weighted by atomic mass is 10.0. The zero-order valence-electron chi connectivity index (χ0n) is 8.36. The zero-order valence-corrected chi connectivity index (χ0v) is 8.36. The van der Waals surface area contributed by atoms with Gasteiger partial charge in [-0.25, -0.2) is 4.79 Å². The predicted molar refractivity (Wildman–Crippen MR) is 57.8 cm³/mol. The van der Waals surface area contributed by atoms with Crippen molar-refractivity contribution in [1.82, 2.24) is 5.32 Å². The van der Waals surface area contributed by atoms with E-state index < -0.39 is 5.97 Å². The molecule has 0 radical (unpaired) electrons. The average Bonchev–Trinajstić information content (AvgIpc) is 2.71. The van der Waals surface area contributed by atoms with E-state index in [1.165, 1.54) is 0 Å². The number of rotatable bonds is 2. The Hall–Kier alpha value is -1.55. The van der Waals surface area contributed by atoms with E-state index in [1.54, 1.807) is 12.1 Å². The molecule has 1 aliphatic heterocycles. The van der Waals surface area contributed by atoms with E-state index in [-0.39, 0.29) is 11.6 Å². The molecule has 4 nitrogen and oxygen atoms in total. The van der Waals surface area contributed by atoms with Crippen LogP contribution in [0.3, 0.4) is 0 Å². The Bertz CT molecular complexity index is 384. The van der Waals surface area contributed by atoms with Crippen molar-refractivity contribution >= 4 is 11.7 Å². The summed E-state index contributed by atoms with van der Waals surface area (Å²) in [4.78, 5) is 10.9. The third-order valence-electron chi connectivity index (χ3n) is 2.77.